The van der Waals surface area contributed by atoms with Crippen LogP contribution in [-0.2, 0) is 12.8 Å². The molecule has 0 aliphatic heterocycles. The average Bonchev–Trinajstić information content (AvgIpc) is 2.96. The van der Waals surface area contributed by atoms with E-state index in [4.69, 9.17) is 5.73 Å². The van der Waals surface area contributed by atoms with Crippen molar-refractivity contribution in [2.75, 3.05) is 0 Å². The van der Waals surface area contributed by atoms with E-state index in [1.165, 1.54) is 11.5 Å². The first kappa shape index (κ1) is 13.2. The molecule has 5 nitrogen and oxygen atoms in total. The summed E-state index contributed by atoms with van der Waals surface area (Å²) >= 11 is 1.39. The molecule has 0 bridgehead atoms. The summed E-state index contributed by atoms with van der Waals surface area (Å²) in [6, 6.07) is 2.35. The Labute approximate surface area is 111 Å². The summed E-state index contributed by atoms with van der Waals surface area (Å²) in [5.74, 6) is 0. The number of hydrogen-bond acceptors (Lipinski definition) is 5. The maximum atomic E-state index is 6.21. The third-order valence-corrected chi connectivity index (χ3v) is 3.78. The van der Waals surface area contributed by atoms with Gasteiger partial charge >= 0.3 is 0 Å². The Balaban J connectivity index is 2.08. The van der Waals surface area contributed by atoms with Crippen molar-refractivity contribution in [1.29, 1.82) is 0 Å². The zero-order chi connectivity index (χ0) is 13.1. The van der Waals surface area contributed by atoms with E-state index < -0.39 is 0 Å². The second-order valence-corrected chi connectivity index (χ2v) is 5.41. The van der Waals surface area contributed by atoms with E-state index in [0.717, 1.165) is 29.1 Å². The summed E-state index contributed by atoms with van der Waals surface area (Å²) in [4.78, 5) is 1.08. The summed E-state index contributed by atoms with van der Waals surface area (Å²) in [6.07, 6.45) is 3.61. The van der Waals surface area contributed by atoms with Crippen molar-refractivity contribution >= 4 is 11.5 Å². The van der Waals surface area contributed by atoms with E-state index in [-0.39, 0.29) is 6.04 Å². The Morgan fingerprint density at radius 1 is 1.44 bits per heavy atom. The van der Waals surface area contributed by atoms with Crippen LogP contribution in [0.4, 0.5) is 0 Å². The monoisotopic (exact) mass is 265 g/mol. The van der Waals surface area contributed by atoms with Crippen molar-refractivity contribution in [1.82, 2.24) is 19.4 Å². The molecule has 0 saturated heterocycles. The molecular weight excluding hydrogens is 246 g/mol. The van der Waals surface area contributed by atoms with Gasteiger partial charge in [0.2, 0.25) is 0 Å². The second-order valence-electron chi connectivity index (χ2n) is 4.63. The fourth-order valence-electron chi connectivity index (χ4n) is 1.83. The van der Waals surface area contributed by atoms with Crippen molar-refractivity contribution in [2.45, 2.75) is 45.7 Å². The molecule has 1 unspecified atom stereocenters. The summed E-state index contributed by atoms with van der Waals surface area (Å²) in [5.41, 5.74) is 8.24. The Hall–Kier alpha value is -1.27. The molecule has 0 spiro atoms. The third-order valence-electron chi connectivity index (χ3n) is 2.88. The number of aromatic nitrogens is 4. The lowest BCUT2D eigenvalue weighted by Crippen LogP contribution is -2.14. The van der Waals surface area contributed by atoms with Crippen molar-refractivity contribution in [2.24, 2.45) is 5.73 Å². The molecule has 2 aromatic rings. The van der Waals surface area contributed by atoms with Crippen LogP contribution in [0.1, 0.15) is 49.1 Å². The molecule has 18 heavy (non-hydrogen) atoms. The first-order chi connectivity index (χ1) is 8.61. The van der Waals surface area contributed by atoms with Gasteiger partial charge < -0.3 is 5.73 Å². The number of aryl methyl sites for hydroxylation is 1. The molecular formula is C12H19N5S. The molecule has 0 amide bonds. The molecule has 2 aromatic heterocycles. The predicted molar refractivity (Wildman–Crippen MR) is 72.5 cm³/mol. The Morgan fingerprint density at radius 3 is 2.83 bits per heavy atom. The lowest BCUT2D eigenvalue weighted by Gasteiger charge is -2.08. The number of nitrogens with zero attached hydrogens (tertiary/aromatic N) is 4. The number of hydrogen-bond donors (Lipinski definition) is 1. The molecule has 0 aliphatic rings. The average molecular weight is 265 g/mol. The molecule has 98 valence electrons. The molecule has 0 saturated carbocycles. The Morgan fingerprint density at radius 2 is 2.22 bits per heavy atom. The van der Waals surface area contributed by atoms with Crippen LogP contribution in [0.3, 0.4) is 0 Å². The molecule has 2 N–H and O–H groups in total. The van der Waals surface area contributed by atoms with E-state index in [1.807, 2.05) is 16.9 Å². The van der Waals surface area contributed by atoms with Crippen LogP contribution >= 0.6 is 11.5 Å². The fraction of sp³-hybridized carbons (Fsp3) is 0.583. The quantitative estimate of drug-likeness (QED) is 0.899. The number of rotatable bonds is 5. The molecule has 0 fully saturated rings. The van der Waals surface area contributed by atoms with Crippen molar-refractivity contribution < 1.29 is 0 Å². The normalized spacial score (nSPS) is 13.2. The summed E-state index contributed by atoms with van der Waals surface area (Å²) < 4.78 is 5.93. The standard InChI is InChI=1S/C12H19N5S/c1-4-11-12(18-16-14-11)10(13)7-9-5-6-17(15-9)8(2)3/h5-6,8,10H,4,7,13H2,1-3H3. The topological polar surface area (TPSA) is 69.6 Å². The van der Waals surface area contributed by atoms with Crippen LogP contribution in [0.15, 0.2) is 12.3 Å². The van der Waals surface area contributed by atoms with Crippen LogP contribution < -0.4 is 5.73 Å². The molecule has 0 radical (unpaired) electrons. The SMILES string of the molecule is CCc1nnsc1C(N)Cc1ccn(C(C)C)n1. The molecule has 2 rings (SSSR count). The third kappa shape index (κ3) is 2.76. The van der Waals surface area contributed by atoms with Gasteiger partial charge in [0.05, 0.1) is 16.3 Å². The van der Waals surface area contributed by atoms with Gasteiger partial charge in [-0.05, 0) is 37.9 Å². The van der Waals surface area contributed by atoms with Gasteiger partial charge in [-0.2, -0.15) is 5.10 Å². The van der Waals surface area contributed by atoms with Crippen LogP contribution in [-0.4, -0.2) is 19.4 Å². The smallest absolute Gasteiger partial charge is 0.0801 e. The molecule has 0 aromatic carbocycles. The van der Waals surface area contributed by atoms with E-state index >= 15 is 0 Å². The van der Waals surface area contributed by atoms with Gasteiger partial charge in [-0.1, -0.05) is 11.4 Å². The predicted octanol–water partition coefficient (Wildman–Crippen LogP) is 2.12. The van der Waals surface area contributed by atoms with Gasteiger partial charge in [0, 0.05) is 24.7 Å². The van der Waals surface area contributed by atoms with Gasteiger partial charge in [-0.25, -0.2) is 0 Å². The second kappa shape index (κ2) is 5.58. The molecule has 2 heterocycles. The van der Waals surface area contributed by atoms with Crippen LogP contribution in [0.25, 0.3) is 0 Å². The molecule has 6 heteroatoms. The van der Waals surface area contributed by atoms with Crippen LogP contribution in [0, 0.1) is 0 Å². The van der Waals surface area contributed by atoms with E-state index in [0.29, 0.717) is 6.04 Å². The zero-order valence-electron chi connectivity index (χ0n) is 11.0. The highest BCUT2D eigenvalue weighted by Crippen LogP contribution is 2.22. The summed E-state index contributed by atoms with van der Waals surface area (Å²) in [7, 11) is 0. The molecule has 1 atom stereocenters. The first-order valence-corrected chi connectivity index (χ1v) is 6.99. The Bertz CT molecular complexity index is 502. The zero-order valence-corrected chi connectivity index (χ0v) is 11.8. The van der Waals surface area contributed by atoms with Gasteiger partial charge in [-0.3, -0.25) is 4.68 Å². The fourth-order valence-corrected chi connectivity index (χ4v) is 2.57. The van der Waals surface area contributed by atoms with E-state index in [9.17, 15) is 0 Å². The maximum absolute atomic E-state index is 6.21. The minimum absolute atomic E-state index is 0.0598. The van der Waals surface area contributed by atoms with Crippen LogP contribution in [0.2, 0.25) is 0 Å². The molecule has 0 aliphatic carbocycles. The Kier molecular flexibility index (Phi) is 4.08. The van der Waals surface area contributed by atoms with Crippen molar-refractivity contribution in [3.05, 3.63) is 28.5 Å². The van der Waals surface area contributed by atoms with Crippen molar-refractivity contribution in [3.63, 3.8) is 0 Å². The minimum Gasteiger partial charge on any atom is -0.323 e. The lowest BCUT2D eigenvalue weighted by atomic mass is 10.1. The van der Waals surface area contributed by atoms with Gasteiger partial charge in [0.1, 0.15) is 0 Å². The largest absolute Gasteiger partial charge is 0.323 e. The first-order valence-electron chi connectivity index (χ1n) is 6.22. The minimum atomic E-state index is -0.0598. The summed E-state index contributed by atoms with van der Waals surface area (Å²) in [6.45, 7) is 6.29. The summed E-state index contributed by atoms with van der Waals surface area (Å²) in [5, 5.41) is 8.61. The lowest BCUT2D eigenvalue weighted by molar-refractivity contribution is 0.523. The highest BCUT2D eigenvalue weighted by Gasteiger charge is 2.16. The van der Waals surface area contributed by atoms with E-state index in [1.54, 1.807) is 0 Å². The van der Waals surface area contributed by atoms with Crippen LogP contribution in [0.5, 0.6) is 0 Å². The van der Waals surface area contributed by atoms with Gasteiger partial charge in [0.15, 0.2) is 0 Å². The maximum Gasteiger partial charge on any atom is 0.0801 e. The highest BCUT2D eigenvalue weighted by atomic mass is 32.1. The van der Waals surface area contributed by atoms with Gasteiger partial charge in [-0.15, -0.1) is 5.10 Å². The highest BCUT2D eigenvalue weighted by molar-refractivity contribution is 7.05. The van der Waals surface area contributed by atoms with E-state index in [2.05, 4.69) is 35.5 Å². The van der Waals surface area contributed by atoms with Gasteiger partial charge in [0.25, 0.3) is 0 Å². The van der Waals surface area contributed by atoms with Crippen molar-refractivity contribution in [3.8, 4) is 0 Å². The number of nitrogens with two attached hydrogens (primary N) is 1.